The summed E-state index contributed by atoms with van der Waals surface area (Å²) in [6.45, 7) is 4.89. The Kier molecular flexibility index (Phi) is 8.36. The van der Waals surface area contributed by atoms with E-state index in [1.54, 1.807) is 0 Å². The van der Waals surface area contributed by atoms with Crippen molar-refractivity contribution in [1.29, 1.82) is 0 Å². The van der Waals surface area contributed by atoms with Crippen molar-refractivity contribution < 1.29 is 9.59 Å². The molecule has 0 spiro atoms. The molecule has 0 radical (unpaired) electrons. The summed E-state index contributed by atoms with van der Waals surface area (Å²) in [7, 11) is -7.90. The van der Waals surface area contributed by atoms with Gasteiger partial charge in [0.25, 0.3) is 16.6 Å². The first kappa shape index (κ1) is 29.5. The molecule has 0 amide bonds. The van der Waals surface area contributed by atoms with E-state index < -0.39 is 24.7 Å². The molecule has 2 atom stereocenters. The van der Waals surface area contributed by atoms with E-state index in [0.29, 0.717) is 0 Å². The molecular weight excluding hydrogens is 573 g/mol. The van der Waals surface area contributed by atoms with Crippen LogP contribution >= 0.6 is 0 Å². The van der Waals surface area contributed by atoms with Gasteiger partial charge in [-0.1, -0.05) is 171 Å². The number of hydrogen-bond donors (Lipinski definition) is 2. The second kappa shape index (κ2) is 12.2. The first-order chi connectivity index (χ1) is 20.8. The van der Waals surface area contributed by atoms with E-state index >= 15 is 0 Å². The molecule has 43 heavy (non-hydrogen) atoms. The molecule has 216 valence electrons. The van der Waals surface area contributed by atoms with Crippen molar-refractivity contribution in [2.75, 3.05) is 0 Å². The number of hydrogen-bond acceptors (Lipinski definition) is 2. The predicted molar refractivity (Wildman–Crippen MR) is 192 cm³/mol. The monoisotopic (exact) mass is 612 g/mol. The first-order valence-corrected chi connectivity index (χ1v) is 23.0. The Labute approximate surface area is 258 Å². The quantitative estimate of drug-likeness (QED) is 0.173. The standard InChI is InChI=1S/C38H40O2Si3/c1-41(2,27-29-42(39,33-19-5-3-6-20-33)37-25-13-17-31-15-9-11-23-35(31)37)28-30-43(40,34-21-7-4-8-22-34)38-26-14-18-32-16-10-12-24-36(32)38/h3-26,39-40H,27-30H2,1-2H3/t42-,43-/m0/s1. The molecule has 6 aromatic carbocycles. The molecule has 5 heteroatoms. The van der Waals surface area contributed by atoms with Gasteiger partial charge in [0.05, 0.1) is 0 Å². The molecule has 0 saturated carbocycles. The molecule has 0 aliphatic heterocycles. The molecule has 0 fully saturated rings. The lowest BCUT2D eigenvalue weighted by Crippen LogP contribution is -2.60. The average molecular weight is 613 g/mol. The van der Waals surface area contributed by atoms with E-state index in [9.17, 15) is 9.59 Å². The summed E-state index contributed by atoms with van der Waals surface area (Å²) in [4.78, 5) is 25.5. The van der Waals surface area contributed by atoms with Crippen molar-refractivity contribution in [3.63, 3.8) is 0 Å². The molecule has 6 aromatic rings. The van der Waals surface area contributed by atoms with Gasteiger partial charge in [-0.15, -0.1) is 0 Å². The highest BCUT2D eigenvalue weighted by molar-refractivity contribution is 7.00. The highest BCUT2D eigenvalue weighted by atomic mass is 28.4. The van der Waals surface area contributed by atoms with Crippen LogP contribution in [-0.4, -0.2) is 34.3 Å². The SMILES string of the molecule is C[Si](C)(CC[Si@](O)(c1ccccc1)c1cccc2ccccc12)CC[Si@](O)(c1ccccc1)c1cccc2ccccc12. The molecule has 0 aliphatic carbocycles. The van der Waals surface area contributed by atoms with Crippen molar-refractivity contribution in [3.05, 3.63) is 146 Å². The van der Waals surface area contributed by atoms with Gasteiger partial charge < -0.3 is 9.59 Å². The molecule has 6 rings (SSSR count). The van der Waals surface area contributed by atoms with Gasteiger partial charge in [0.1, 0.15) is 0 Å². The molecule has 2 N–H and O–H groups in total. The van der Waals surface area contributed by atoms with Crippen LogP contribution in [0.4, 0.5) is 0 Å². The molecular formula is C38H40O2Si3. The minimum absolute atomic E-state index is 0.782. The largest absolute Gasteiger partial charge is 0.424 e. The minimum atomic E-state index is -3.03. The number of benzene rings is 6. The number of rotatable bonds is 10. The van der Waals surface area contributed by atoms with Crippen LogP contribution in [-0.2, 0) is 0 Å². The van der Waals surface area contributed by atoms with Crippen molar-refractivity contribution in [2.45, 2.75) is 37.3 Å². The lowest BCUT2D eigenvalue weighted by Gasteiger charge is -2.34. The van der Waals surface area contributed by atoms with Gasteiger partial charge in [-0.25, -0.2) is 0 Å². The summed E-state index contributed by atoms with van der Waals surface area (Å²) in [5.74, 6) is 0. The fourth-order valence-electron chi connectivity index (χ4n) is 6.63. The maximum absolute atomic E-state index is 12.7. The summed E-state index contributed by atoms with van der Waals surface area (Å²) in [5, 5.41) is 9.01. The molecule has 0 saturated heterocycles. The van der Waals surface area contributed by atoms with Gasteiger partial charge >= 0.3 is 0 Å². The fraction of sp³-hybridized carbons (Fsp3) is 0.158. The van der Waals surface area contributed by atoms with Gasteiger partial charge in [-0.3, -0.25) is 0 Å². The summed E-state index contributed by atoms with van der Waals surface area (Å²) in [5.41, 5.74) is 0. The minimum Gasteiger partial charge on any atom is -0.424 e. The van der Waals surface area contributed by atoms with Gasteiger partial charge in [0, 0.05) is 8.07 Å². The second-order valence-electron chi connectivity index (χ2n) is 12.7. The Bertz CT molecular complexity index is 1700. The average Bonchev–Trinajstić information content (AvgIpc) is 3.06. The van der Waals surface area contributed by atoms with Crippen LogP contribution in [0.15, 0.2) is 146 Å². The van der Waals surface area contributed by atoms with E-state index in [0.717, 1.165) is 55.7 Å². The molecule has 0 aromatic heterocycles. The third kappa shape index (κ3) is 5.96. The van der Waals surface area contributed by atoms with Crippen LogP contribution in [0.5, 0.6) is 0 Å². The van der Waals surface area contributed by atoms with Crippen molar-refractivity contribution in [3.8, 4) is 0 Å². The molecule has 0 bridgehead atoms. The van der Waals surface area contributed by atoms with E-state index in [1.807, 2.05) is 12.1 Å². The zero-order valence-electron chi connectivity index (χ0n) is 25.1. The fourth-order valence-corrected chi connectivity index (χ4v) is 20.5. The van der Waals surface area contributed by atoms with Crippen LogP contribution < -0.4 is 20.7 Å². The van der Waals surface area contributed by atoms with E-state index in [1.165, 1.54) is 10.8 Å². The Balaban J connectivity index is 1.32. The van der Waals surface area contributed by atoms with E-state index in [-0.39, 0.29) is 0 Å². The normalized spacial score (nSPS) is 14.8. The third-order valence-electron chi connectivity index (χ3n) is 9.30. The Morgan fingerprint density at radius 2 is 0.744 bits per heavy atom. The predicted octanol–water partition coefficient (Wildman–Crippen LogP) is 6.51. The summed E-state index contributed by atoms with van der Waals surface area (Å²) in [6, 6.07) is 53.9. The molecule has 0 heterocycles. The number of fused-ring (bicyclic) bond motifs is 2. The third-order valence-corrected chi connectivity index (χ3v) is 20.7. The first-order valence-electron chi connectivity index (χ1n) is 15.3. The Morgan fingerprint density at radius 1 is 0.395 bits per heavy atom. The second-order valence-corrected chi connectivity index (χ2v) is 24.7. The smallest absolute Gasteiger partial charge is 0.252 e. The van der Waals surface area contributed by atoms with Crippen LogP contribution in [0.25, 0.3) is 21.5 Å². The zero-order valence-corrected chi connectivity index (χ0v) is 28.1. The topological polar surface area (TPSA) is 40.5 Å². The van der Waals surface area contributed by atoms with Crippen molar-refractivity contribution in [1.82, 2.24) is 0 Å². The Hall–Kier alpha value is -3.59. The van der Waals surface area contributed by atoms with E-state index in [4.69, 9.17) is 0 Å². The van der Waals surface area contributed by atoms with Gasteiger partial charge in [0.15, 0.2) is 0 Å². The van der Waals surface area contributed by atoms with Crippen LogP contribution in [0.2, 0.25) is 37.3 Å². The zero-order chi connectivity index (χ0) is 29.9. The molecule has 2 nitrogen and oxygen atoms in total. The van der Waals surface area contributed by atoms with Gasteiger partial charge in [-0.2, -0.15) is 0 Å². The Morgan fingerprint density at radius 3 is 1.16 bits per heavy atom. The summed E-state index contributed by atoms with van der Waals surface area (Å²) >= 11 is 0. The van der Waals surface area contributed by atoms with Crippen LogP contribution in [0, 0.1) is 0 Å². The highest BCUT2D eigenvalue weighted by Gasteiger charge is 2.42. The van der Waals surface area contributed by atoms with E-state index in [2.05, 4.69) is 147 Å². The molecule has 0 unspecified atom stereocenters. The maximum Gasteiger partial charge on any atom is 0.252 e. The van der Waals surface area contributed by atoms with Gasteiger partial charge in [-0.05, 0) is 54.4 Å². The summed E-state index contributed by atoms with van der Waals surface area (Å²) < 4.78 is 0. The summed E-state index contributed by atoms with van der Waals surface area (Å²) in [6.07, 6.45) is 0. The van der Waals surface area contributed by atoms with Gasteiger partial charge in [0.2, 0.25) is 0 Å². The lowest BCUT2D eigenvalue weighted by atomic mass is 10.1. The maximum atomic E-state index is 12.7. The van der Waals surface area contributed by atoms with Crippen LogP contribution in [0.3, 0.4) is 0 Å². The van der Waals surface area contributed by atoms with Crippen molar-refractivity contribution >= 4 is 67.0 Å². The molecule has 0 aliphatic rings. The lowest BCUT2D eigenvalue weighted by molar-refractivity contribution is 0.566. The highest BCUT2D eigenvalue weighted by Crippen LogP contribution is 2.29. The van der Waals surface area contributed by atoms with Crippen molar-refractivity contribution in [2.24, 2.45) is 0 Å². The van der Waals surface area contributed by atoms with Crippen LogP contribution in [0.1, 0.15) is 0 Å².